The van der Waals surface area contributed by atoms with Crippen molar-refractivity contribution in [2.24, 2.45) is 5.73 Å². The van der Waals surface area contributed by atoms with Gasteiger partial charge in [0.05, 0.1) is 12.6 Å². The van der Waals surface area contributed by atoms with Crippen LogP contribution in [-0.4, -0.2) is 40.6 Å². The Morgan fingerprint density at radius 3 is 2.81 bits per heavy atom. The average Bonchev–Trinajstić information content (AvgIpc) is 3.28. The van der Waals surface area contributed by atoms with E-state index in [-0.39, 0.29) is 12.0 Å². The van der Waals surface area contributed by atoms with Crippen LogP contribution < -0.4 is 10.5 Å². The normalized spacial score (nSPS) is 17.7. The van der Waals surface area contributed by atoms with Crippen LogP contribution in [-0.2, 0) is 0 Å². The van der Waals surface area contributed by atoms with Gasteiger partial charge in [0, 0.05) is 18.0 Å². The van der Waals surface area contributed by atoms with Crippen LogP contribution in [0.2, 0.25) is 0 Å². The number of nitrogens with two attached hydrogens (primary N) is 1. The zero-order valence-electron chi connectivity index (χ0n) is 15.4. The highest BCUT2D eigenvalue weighted by Crippen LogP contribution is 2.31. The lowest BCUT2D eigenvalue weighted by Crippen LogP contribution is -2.25. The number of nitrogens with zero attached hydrogens (tertiary/aromatic N) is 3. The van der Waals surface area contributed by atoms with Gasteiger partial charge in [0.15, 0.2) is 5.82 Å². The second-order valence-corrected chi connectivity index (χ2v) is 6.93. The molecular weight excluding hydrogens is 332 g/mol. The highest BCUT2D eigenvalue weighted by molar-refractivity contribution is 5.92. The number of likely N-dealkylation sites (tertiary alicyclic amines) is 1. The molecule has 7 nitrogen and oxygen atoms in total. The van der Waals surface area contributed by atoms with Gasteiger partial charge in [-0.15, -0.1) is 0 Å². The number of ether oxygens (including phenoxy) is 1. The lowest BCUT2D eigenvalue weighted by atomic mass is 10.2. The molecule has 0 aliphatic carbocycles. The predicted octanol–water partition coefficient (Wildman–Crippen LogP) is 2.90. The van der Waals surface area contributed by atoms with Crippen LogP contribution in [0.1, 0.15) is 67.1 Å². The number of carbonyl (C=O) groups is 1. The third kappa shape index (κ3) is 4.40. The molecule has 1 saturated heterocycles. The standard InChI is InChI=1S/C19H26N4O3/c1-13(2)18-21-19(26-22-18)16-5-3-10-23(16)11-4-12-25-15-8-6-14(7-9-15)17(20)24/h6-9,13,16H,3-5,10-12H2,1-2H3,(H2,20,24)/t16-/m0/s1. The van der Waals surface area contributed by atoms with Gasteiger partial charge in [0.25, 0.3) is 0 Å². The topological polar surface area (TPSA) is 94.5 Å². The van der Waals surface area contributed by atoms with E-state index < -0.39 is 5.91 Å². The zero-order valence-corrected chi connectivity index (χ0v) is 15.4. The molecule has 1 aliphatic heterocycles. The third-order valence-electron chi connectivity index (χ3n) is 4.62. The summed E-state index contributed by atoms with van der Waals surface area (Å²) in [5, 5.41) is 4.08. The van der Waals surface area contributed by atoms with Gasteiger partial charge in [-0.1, -0.05) is 19.0 Å². The summed E-state index contributed by atoms with van der Waals surface area (Å²) >= 11 is 0. The zero-order chi connectivity index (χ0) is 18.5. The maximum Gasteiger partial charge on any atom is 0.248 e. The van der Waals surface area contributed by atoms with Gasteiger partial charge < -0.3 is 15.0 Å². The van der Waals surface area contributed by atoms with E-state index >= 15 is 0 Å². The summed E-state index contributed by atoms with van der Waals surface area (Å²) in [4.78, 5) is 18.0. The van der Waals surface area contributed by atoms with E-state index in [9.17, 15) is 4.79 Å². The van der Waals surface area contributed by atoms with E-state index in [1.165, 1.54) is 0 Å². The molecule has 1 aliphatic rings. The largest absolute Gasteiger partial charge is 0.494 e. The molecule has 1 atom stereocenters. The van der Waals surface area contributed by atoms with Gasteiger partial charge in [-0.3, -0.25) is 9.69 Å². The molecule has 2 N–H and O–H groups in total. The molecule has 0 spiro atoms. The average molecular weight is 358 g/mol. The van der Waals surface area contributed by atoms with Crippen molar-refractivity contribution >= 4 is 5.91 Å². The quantitative estimate of drug-likeness (QED) is 0.729. The van der Waals surface area contributed by atoms with Gasteiger partial charge in [-0.05, 0) is 50.1 Å². The molecule has 0 saturated carbocycles. The summed E-state index contributed by atoms with van der Waals surface area (Å²) in [6.45, 7) is 6.70. The van der Waals surface area contributed by atoms with Gasteiger partial charge in [0.1, 0.15) is 5.75 Å². The summed E-state index contributed by atoms with van der Waals surface area (Å²) < 4.78 is 11.2. The Bertz CT molecular complexity index is 727. The van der Waals surface area contributed by atoms with Crippen molar-refractivity contribution in [2.45, 2.75) is 45.1 Å². The number of rotatable bonds is 8. The molecular formula is C19H26N4O3. The van der Waals surface area contributed by atoms with Crippen LogP contribution in [0.4, 0.5) is 0 Å². The lowest BCUT2D eigenvalue weighted by Gasteiger charge is -2.21. The summed E-state index contributed by atoms with van der Waals surface area (Å²) in [5.41, 5.74) is 5.72. The fourth-order valence-electron chi connectivity index (χ4n) is 3.16. The Morgan fingerprint density at radius 2 is 2.15 bits per heavy atom. The second-order valence-electron chi connectivity index (χ2n) is 6.93. The highest BCUT2D eigenvalue weighted by Gasteiger charge is 2.30. The molecule has 0 unspecified atom stereocenters. The highest BCUT2D eigenvalue weighted by atomic mass is 16.5. The molecule has 7 heteroatoms. The van der Waals surface area contributed by atoms with Crippen molar-refractivity contribution in [1.82, 2.24) is 15.0 Å². The first-order chi connectivity index (χ1) is 12.5. The molecule has 26 heavy (non-hydrogen) atoms. The minimum absolute atomic E-state index is 0.213. The second kappa shape index (κ2) is 8.31. The van der Waals surface area contributed by atoms with Crippen LogP contribution in [0.3, 0.4) is 0 Å². The number of aromatic nitrogens is 2. The van der Waals surface area contributed by atoms with E-state index in [2.05, 4.69) is 28.9 Å². The minimum atomic E-state index is -0.432. The molecule has 0 bridgehead atoms. The Hall–Kier alpha value is -2.41. The fourth-order valence-corrected chi connectivity index (χ4v) is 3.16. The lowest BCUT2D eigenvalue weighted by molar-refractivity contribution is 0.1000. The number of primary amides is 1. The van der Waals surface area contributed by atoms with Crippen molar-refractivity contribution in [3.05, 3.63) is 41.5 Å². The summed E-state index contributed by atoms with van der Waals surface area (Å²) in [7, 11) is 0. The predicted molar refractivity (Wildman–Crippen MR) is 97.0 cm³/mol. The van der Waals surface area contributed by atoms with Crippen molar-refractivity contribution < 1.29 is 14.1 Å². The molecule has 0 radical (unpaired) electrons. The van der Waals surface area contributed by atoms with E-state index in [1.54, 1.807) is 24.3 Å². The maximum atomic E-state index is 11.1. The summed E-state index contributed by atoms with van der Waals surface area (Å²) in [6, 6.07) is 7.10. The SMILES string of the molecule is CC(C)c1noc([C@@H]2CCCN2CCCOc2ccc(C(N)=O)cc2)n1. The van der Waals surface area contributed by atoms with E-state index in [0.29, 0.717) is 12.2 Å². The smallest absolute Gasteiger partial charge is 0.248 e. The first-order valence-corrected chi connectivity index (χ1v) is 9.15. The molecule has 2 heterocycles. The Balaban J connectivity index is 1.47. The number of hydrogen-bond acceptors (Lipinski definition) is 6. The van der Waals surface area contributed by atoms with Gasteiger partial charge >= 0.3 is 0 Å². The van der Waals surface area contributed by atoms with Crippen molar-refractivity contribution in [3.8, 4) is 5.75 Å². The first kappa shape index (κ1) is 18.4. The van der Waals surface area contributed by atoms with Crippen molar-refractivity contribution in [2.75, 3.05) is 19.7 Å². The third-order valence-corrected chi connectivity index (χ3v) is 4.62. The molecule has 1 aromatic carbocycles. The van der Waals surface area contributed by atoms with Crippen LogP contribution in [0.25, 0.3) is 0 Å². The number of amides is 1. The maximum absolute atomic E-state index is 11.1. The molecule has 3 rings (SSSR count). The van der Waals surface area contributed by atoms with Crippen LogP contribution in [0, 0.1) is 0 Å². The number of benzene rings is 1. The first-order valence-electron chi connectivity index (χ1n) is 9.15. The molecule has 140 valence electrons. The Labute approximate surface area is 153 Å². The van der Waals surface area contributed by atoms with Gasteiger partial charge in [0.2, 0.25) is 11.8 Å². The van der Waals surface area contributed by atoms with Crippen LogP contribution in [0.15, 0.2) is 28.8 Å². The number of carbonyl (C=O) groups excluding carboxylic acids is 1. The molecule has 1 fully saturated rings. The molecule has 1 aromatic heterocycles. The van der Waals surface area contributed by atoms with Crippen molar-refractivity contribution in [3.63, 3.8) is 0 Å². The van der Waals surface area contributed by atoms with E-state index in [4.69, 9.17) is 15.0 Å². The van der Waals surface area contributed by atoms with E-state index in [0.717, 1.165) is 49.8 Å². The van der Waals surface area contributed by atoms with Crippen LogP contribution >= 0.6 is 0 Å². The Kier molecular flexibility index (Phi) is 5.88. The monoisotopic (exact) mass is 358 g/mol. The minimum Gasteiger partial charge on any atom is -0.494 e. The van der Waals surface area contributed by atoms with Crippen LogP contribution in [0.5, 0.6) is 5.75 Å². The summed E-state index contributed by atoms with van der Waals surface area (Å²) in [5.74, 6) is 2.09. The molecule has 1 amide bonds. The Morgan fingerprint density at radius 1 is 1.38 bits per heavy atom. The van der Waals surface area contributed by atoms with Crippen molar-refractivity contribution in [1.29, 1.82) is 0 Å². The van der Waals surface area contributed by atoms with Gasteiger partial charge in [-0.25, -0.2) is 0 Å². The van der Waals surface area contributed by atoms with Gasteiger partial charge in [-0.2, -0.15) is 4.98 Å². The number of hydrogen-bond donors (Lipinski definition) is 1. The summed E-state index contributed by atoms with van der Waals surface area (Å²) in [6.07, 6.45) is 3.09. The molecule has 2 aromatic rings. The van der Waals surface area contributed by atoms with E-state index in [1.807, 2.05) is 0 Å². The fraction of sp³-hybridized carbons (Fsp3) is 0.526.